The lowest BCUT2D eigenvalue weighted by atomic mass is 10.1. The molecule has 2 unspecified atom stereocenters. The van der Waals surface area contributed by atoms with E-state index < -0.39 is 9.84 Å². The number of nitrogens with two attached hydrogens (primary N) is 1. The fourth-order valence-corrected chi connectivity index (χ4v) is 3.27. The predicted molar refractivity (Wildman–Crippen MR) is 65.3 cm³/mol. The monoisotopic (exact) mass is 270 g/mol. The van der Waals surface area contributed by atoms with Gasteiger partial charge in [-0.1, -0.05) is 6.92 Å². The Hall–Kier alpha value is -0.330. The molecular weight excluding hydrogens is 252 g/mol. The van der Waals surface area contributed by atoms with Gasteiger partial charge >= 0.3 is 0 Å². The van der Waals surface area contributed by atoms with Crippen LogP contribution in [0.5, 0.6) is 0 Å². The lowest BCUT2D eigenvalue weighted by Gasteiger charge is -2.34. The van der Waals surface area contributed by atoms with E-state index in [2.05, 4.69) is 0 Å². The van der Waals surface area contributed by atoms with E-state index in [1.165, 1.54) is 0 Å². The van der Waals surface area contributed by atoms with E-state index in [9.17, 15) is 13.2 Å². The van der Waals surface area contributed by atoms with Gasteiger partial charge < -0.3 is 10.6 Å². The fourth-order valence-electron chi connectivity index (χ4n) is 1.71. The van der Waals surface area contributed by atoms with Crippen molar-refractivity contribution < 1.29 is 13.2 Å². The van der Waals surface area contributed by atoms with Crippen molar-refractivity contribution in [3.8, 4) is 0 Å². The summed E-state index contributed by atoms with van der Waals surface area (Å²) in [5.74, 6) is -0.135. The van der Waals surface area contributed by atoms with Crippen LogP contribution in [0.3, 0.4) is 0 Å². The first kappa shape index (κ1) is 15.7. The van der Waals surface area contributed by atoms with Crippen molar-refractivity contribution in [3.05, 3.63) is 0 Å². The third kappa shape index (κ3) is 3.61. The maximum absolute atomic E-state index is 11.8. The molecule has 0 aliphatic carbocycles. The van der Waals surface area contributed by atoms with E-state index in [4.69, 9.17) is 5.73 Å². The Morgan fingerprint density at radius 1 is 1.56 bits per heavy atom. The van der Waals surface area contributed by atoms with Crippen molar-refractivity contribution in [2.24, 2.45) is 11.7 Å². The van der Waals surface area contributed by atoms with E-state index in [0.717, 1.165) is 0 Å². The summed E-state index contributed by atoms with van der Waals surface area (Å²) in [6.45, 7) is 4.12. The van der Waals surface area contributed by atoms with Crippen LogP contribution < -0.4 is 5.73 Å². The van der Waals surface area contributed by atoms with Crippen LogP contribution in [0.4, 0.5) is 0 Å². The molecule has 0 aromatic rings. The Kier molecular flexibility index (Phi) is 5.72. The molecule has 0 spiro atoms. The van der Waals surface area contributed by atoms with Gasteiger partial charge in [0.25, 0.3) is 0 Å². The summed E-state index contributed by atoms with van der Waals surface area (Å²) in [5, 5.41) is 0. The molecule has 1 aliphatic heterocycles. The molecule has 1 fully saturated rings. The first-order chi connectivity index (χ1) is 6.87. The number of amides is 1. The van der Waals surface area contributed by atoms with E-state index in [-0.39, 0.29) is 41.8 Å². The molecule has 1 heterocycles. The molecule has 1 saturated heterocycles. The topological polar surface area (TPSA) is 80.5 Å². The van der Waals surface area contributed by atoms with Crippen molar-refractivity contribution in [2.75, 3.05) is 24.6 Å². The molecule has 96 valence electrons. The number of sulfone groups is 1. The second-order valence-electron chi connectivity index (χ2n) is 4.13. The lowest BCUT2D eigenvalue weighted by Crippen LogP contribution is -2.52. The van der Waals surface area contributed by atoms with E-state index in [1.807, 2.05) is 0 Å². The molecule has 0 aromatic carbocycles. The number of hydrogen-bond donors (Lipinski definition) is 1. The quantitative estimate of drug-likeness (QED) is 0.744. The van der Waals surface area contributed by atoms with Crippen LogP contribution in [0.2, 0.25) is 0 Å². The van der Waals surface area contributed by atoms with Crippen molar-refractivity contribution in [3.63, 3.8) is 0 Å². The van der Waals surface area contributed by atoms with Gasteiger partial charge in [0.15, 0.2) is 9.84 Å². The first-order valence-electron chi connectivity index (χ1n) is 5.08. The summed E-state index contributed by atoms with van der Waals surface area (Å²) in [5.41, 5.74) is 5.41. The van der Waals surface area contributed by atoms with Crippen LogP contribution >= 0.6 is 12.4 Å². The molecular formula is C9H19ClN2O3S. The summed E-state index contributed by atoms with van der Waals surface area (Å²) in [7, 11) is -2.96. The molecule has 16 heavy (non-hydrogen) atoms. The maximum Gasteiger partial charge on any atom is 0.226 e. The molecule has 1 amide bonds. The minimum absolute atomic E-state index is 0. The molecule has 0 radical (unpaired) electrons. The average molecular weight is 271 g/mol. The van der Waals surface area contributed by atoms with Crippen LogP contribution in [0.1, 0.15) is 13.8 Å². The summed E-state index contributed by atoms with van der Waals surface area (Å²) >= 11 is 0. The zero-order valence-corrected chi connectivity index (χ0v) is 11.2. The van der Waals surface area contributed by atoms with Crippen molar-refractivity contribution in [1.29, 1.82) is 0 Å². The lowest BCUT2D eigenvalue weighted by molar-refractivity contribution is -0.136. The van der Waals surface area contributed by atoms with E-state index in [1.54, 1.807) is 18.7 Å². The van der Waals surface area contributed by atoms with Gasteiger partial charge in [0.05, 0.1) is 11.5 Å². The minimum Gasteiger partial charge on any atom is -0.338 e. The number of halogens is 1. The van der Waals surface area contributed by atoms with Gasteiger partial charge in [-0.3, -0.25) is 4.79 Å². The van der Waals surface area contributed by atoms with Gasteiger partial charge in [-0.2, -0.15) is 0 Å². The molecule has 1 aliphatic rings. The predicted octanol–water partition coefficient (Wildman–Crippen LogP) is -0.351. The van der Waals surface area contributed by atoms with Crippen LogP contribution in [0.25, 0.3) is 0 Å². The fraction of sp³-hybridized carbons (Fsp3) is 0.889. The zero-order valence-electron chi connectivity index (χ0n) is 9.55. The maximum atomic E-state index is 11.8. The number of rotatable bonds is 2. The van der Waals surface area contributed by atoms with E-state index in [0.29, 0.717) is 13.1 Å². The number of carbonyl (C=O) groups excluding carboxylic acids is 1. The van der Waals surface area contributed by atoms with Crippen LogP contribution in [0.15, 0.2) is 0 Å². The van der Waals surface area contributed by atoms with Crippen LogP contribution in [-0.4, -0.2) is 49.9 Å². The molecule has 5 nitrogen and oxygen atoms in total. The SMILES string of the molecule is CC(CN)C(=O)N1CCS(=O)(=O)CC1C.Cl. The molecule has 7 heteroatoms. The highest BCUT2D eigenvalue weighted by molar-refractivity contribution is 7.91. The molecule has 0 saturated carbocycles. The van der Waals surface area contributed by atoms with Gasteiger partial charge in [0.1, 0.15) is 0 Å². The highest BCUT2D eigenvalue weighted by Crippen LogP contribution is 2.14. The Morgan fingerprint density at radius 3 is 2.56 bits per heavy atom. The molecule has 2 N–H and O–H groups in total. The first-order valence-corrected chi connectivity index (χ1v) is 6.90. The van der Waals surface area contributed by atoms with Crippen molar-refractivity contribution >= 4 is 28.2 Å². The number of hydrogen-bond acceptors (Lipinski definition) is 4. The van der Waals surface area contributed by atoms with Gasteiger partial charge in [0.2, 0.25) is 5.91 Å². The molecule has 0 bridgehead atoms. The Labute approximate surface area is 103 Å². The Morgan fingerprint density at radius 2 is 2.12 bits per heavy atom. The highest BCUT2D eigenvalue weighted by atomic mass is 35.5. The second kappa shape index (κ2) is 5.84. The standard InChI is InChI=1S/C9H18N2O3S.ClH/c1-7(5-10)9(12)11-3-4-15(13,14)6-8(11)2;/h7-8H,3-6,10H2,1-2H3;1H. The van der Waals surface area contributed by atoms with Crippen molar-refractivity contribution in [2.45, 2.75) is 19.9 Å². The Bertz CT molecular complexity index is 345. The average Bonchev–Trinajstić information content (AvgIpc) is 2.14. The molecule has 0 aromatic heterocycles. The highest BCUT2D eigenvalue weighted by Gasteiger charge is 2.32. The van der Waals surface area contributed by atoms with Crippen molar-refractivity contribution in [1.82, 2.24) is 4.90 Å². The number of carbonyl (C=O) groups is 1. The third-order valence-corrected chi connectivity index (χ3v) is 4.52. The van der Waals surface area contributed by atoms with Gasteiger partial charge in [0, 0.05) is 25.0 Å². The summed E-state index contributed by atoms with van der Waals surface area (Å²) in [6.07, 6.45) is 0. The second-order valence-corrected chi connectivity index (χ2v) is 6.36. The largest absolute Gasteiger partial charge is 0.338 e. The summed E-state index contributed by atoms with van der Waals surface area (Å²) in [4.78, 5) is 13.4. The van der Waals surface area contributed by atoms with Gasteiger partial charge in [-0.25, -0.2) is 8.42 Å². The molecule has 1 rings (SSSR count). The zero-order chi connectivity index (χ0) is 11.6. The Balaban J connectivity index is 0.00000225. The third-order valence-electron chi connectivity index (χ3n) is 2.73. The van der Waals surface area contributed by atoms with Gasteiger partial charge in [-0.05, 0) is 6.92 Å². The molecule has 2 atom stereocenters. The summed E-state index contributed by atoms with van der Waals surface area (Å²) < 4.78 is 22.6. The minimum atomic E-state index is -2.96. The van der Waals surface area contributed by atoms with E-state index >= 15 is 0 Å². The number of nitrogens with zero attached hydrogens (tertiary/aromatic N) is 1. The normalized spacial score (nSPS) is 25.7. The smallest absolute Gasteiger partial charge is 0.226 e. The van der Waals surface area contributed by atoms with Crippen LogP contribution in [0, 0.1) is 5.92 Å². The summed E-state index contributed by atoms with van der Waals surface area (Å²) in [6, 6.07) is -0.231. The van der Waals surface area contributed by atoms with Crippen LogP contribution in [-0.2, 0) is 14.6 Å². The van der Waals surface area contributed by atoms with Gasteiger partial charge in [-0.15, -0.1) is 12.4 Å².